The molecule has 2 heterocycles. The molecule has 0 aliphatic carbocycles. The molecule has 1 amide bonds. The largest absolute Gasteiger partial charge is 0.338 e. The summed E-state index contributed by atoms with van der Waals surface area (Å²) in [7, 11) is 0. The van der Waals surface area contributed by atoms with Gasteiger partial charge in [0.2, 0.25) is 5.15 Å². The first-order valence-electron chi connectivity index (χ1n) is 6.69. The van der Waals surface area contributed by atoms with E-state index in [-0.39, 0.29) is 16.6 Å². The van der Waals surface area contributed by atoms with Gasteiger partial charge in [-0.25, -0.2) is 4.98 Å². The Balaban J connectivity index is 2.27. The van der Waals surface area contributed by atoms with E-state index in [1.165, 1.54) is 18.7 Å². The van der Waals surface area contributed by atoms with Crippen molar-refractivity contribution < 1.29 is 9.72 Å². The molecule has 0 radical (unpaired) electrons. The van der Waals surface area contributed by atoms with Crippen LogP contribution in [-0.2, 0) is 0 Å². The van der Waals surface area contributed by atoms with Crippen molar-refractivity contribution in [2.75, 3.05) is 13.1 Å². The molecule has 1 aliphatic rings. The number of hydrogen-bond acceptors (Lipinski definition) is 4. The zero-order chi connectivity index (χ0) is 14.5. The van der Waals surface area contributed by atoms with Crippen LogP contribution < -0.4 is 0 Å². The van der Waals surface area contributed by atoms with Crippen LogP contribution in [-0.4, -0.2) is 33.8 Å². The van der Waals surface area contributed by atoms with Gasteiger partial charge in [-0.2, -0.15) is 0 Å². The van der Waals surface area contributed by atoms with Crippen LogP contribution in [0.1, 0.15) is 42.5 Å². The average molecular weight is 298 g/mol. The summed E-state index contributed by atoms with van der Waals surface area (Å²) in [4.78, 5) is 28.2. The Hall–Kier alpha value is -1.69. The van der Waals surface area contributed by atoms with Crippen LogP contribution in [0.3, 0.4) is 0 Å². The molecule has 1 aliphatic heterocycles. The Morgan fingerprint density at radius 1 is 1.25 bits per heavy atom. The number of rotatable bonds is 2. The summed E-state index contributed by atoms with van der Waals surface area (Å²) in [5.74, 6) is -0.331. The van der Waals surface area contributed by atoms with E-state index in [2.05, 4.69) is 4.98 Å². The monoisotopic (exact) mass is 297 g/mol. The first-order valence-corrected chi connectivity index (χ1v) is 7.07. The summed E-state index contributed by atoms with van der Waals surface area (Å²) < 4.78 is 0. The molecule has 0 N–H and O–H groups in total. The molecule has 0 spiro atoms. The highest BCUT2D eigenvalue weighted by Gasteiger charge is 2.28. The first-order chi connectivity index (χ1) is 9.61. The highest BCUT2D eigenvalue weighted by Crippen LogP contribution is 2.27. The lowest BCUT2D eigenvalue weighted by Gasteiger charge is -2.24. The predicted molar refractivity (Wildman–Crippen MR) is 74.9 cm³/mol. The Kier molecular flexibility index (Phi) is 4.89. The van der Waals surface area contributed by atoms with Crippen molar-refractivity contribution in [3.8, 4) is 0 Å². The molecular weight excluding hydrogens is 282 g/mol. The standard InChI is InChI=1S/C13H16ClN3O3/c14-12-11(17(19)20)10(6-7-15-12)13(18)16-8-4-2-1-3-5-9-16/h6-7H,1-5,8-9H2. The molecule has 0 unspecified atom stereocenters. The van der Waals surface area contributed by atoms with E-state index < -0.39 is 10.6 Å². The molecule has 20 heavy (non-hydrogen) atoms. The van der Waals surface area contributed by atoms with Gasteiger partial charge in [0.15, 0.2) is 0 Å². The first kappa shape index (κ1) is 14.7. The van der Waals surface area contributed by atoms with Gasteiger partial charge in [0, 0.05) is 19.3 Å². The molecule has 1 saturated heterocycles. The van der Waals surface area contributed by atoms with Gasteiger partial charge in [0.05, 0.1) is 4.92 Å². The van der Waals surface area contributed by atoms with Crippen molar-refractivity contribution in [2.45, 2.75) is 32.1 Å². The van der Waals surface area contributed by atoms with E-state index in [4.69, 9.17) is 11.6 Å². The fourth-order valence-electron chi connectivity index (χ4n) is 2.40. The number of amides is 1. The summed E-state index contributed by atoms with van der Waals surface area (Å²) in [5.41, 5.74) is -0.378. The van der Waals surface area contributed by atoms with Crippen molar-refractivity contribution >= 4 is 23.2 Å². The molecule has 108 valence electrons. The smallest absolute Gasteiger partial charge is 0.319 e. The van der Waals surface area contributed by atoms with E-state index in [1.54, 1.807) is 4.90 Å². The summed E-state index contributed by atoms with van der Waals surface area (Å²) in [6.07, 6.45) is 6.54. The van der Waals surface area contributed by atoms with Crippen LogP contribution in [0.2, 0.25) is 5.15 Å². The number of nitro groups is 1. The van der Waals surface area contributed by atoms with Crippen molar-refractivity contribution in [1.29, 1.82) is 0 Å². The molecule has 7 heteroatoms. The fourth-order valence-corrected chi connectivity index (χ4v) is 2.62. The van der Waals surface area contributed by atoms with Crippen LogP contribution in [0.15, 0.2) is 12.3 Å². The lowest BCUT2D eigenvalue weighted by molar-refractivity contribution is -0.385. The van der Waals surface area contributed by atoms with Gasteiger partial charge in [0.1, 0.15) is 5.56 Å². The van der Waals surface area contributed by atoms with E-state index in [9.17, 15) is 14.9 Å². The number of likely N-dealkylation sites (tertiary alicyclic amines) is 1. The van der Waals surface area contributed by atoms with Crippen molar-refractivity contribution in [3.05, 3.63) is 33.1 Å². The van der Waals surface area contributed by atoms with E-state index in [0.29, 0.717) is 13.1 Å². The summed E-state index contributed by atoms with van der Waals surface area (Å²) >= 11 is 5.74. The molecule has 6 nitrogen and oxygen atoms in total. The Morgan fingerprint density at radius 3 is 2.45 bits per heavy atom. The second kappa shape index (κ2) is 6.65. The average Bonchev–Trinajstić information content (AvgIpc) is 2.36. The zero-order valence-corrected chi connectivity index (χ0v) is 11.8. The fraction of sp³-hybridized carbons (Fsp3) is 0.538. The minimum Gasteiger partial charge on any atom is -0.338 e. The third-order valence-electron chi connectivity index (χ3n) is 3.44. The van der Waals surface area contributed by atoms with Crippen LogP contribution in [0.5, 0.6) is 0 Å². The number of halogens is 1. The maximum atomic E-state index is 12.5. The zero-order valence-electron chi connectivity index (χ0n) is 11.0. The number of nitrogens with zero attached hydrogens (tertiary/aromatic N) is 3. The predicted octanol–water partition coefficient (Wildman–Crippen LogP) is 3.05. The minimum absolute atomic E-state index is 0.0237. The summed E-state index contributed by atoms with van der Waals surface area (Å²) in [6.45, 7) is 1.27. The Bertz CT molecular complexity index is 514. The number of carbonyl (C=O) groups excluding carboxylic acids is 1. The van der Waals surface area contributed by atoms with Gasteiger partial charge in [-0.3, -0.25) is 14.9 Å². The van der Waals surface area contributed by atoms with Crippen LogP contribution in [0, 0.1) is 10.1 Å². The second-order valence-corrected chi connectivity index (χ2v) is 5.17. The van der Waals surface area contributed by atoms with Crippen LogP contribution in [0.25, 0.3) is 0 Å². The SMILES string of the molecule is O=C(c1ccnc(Cl)c1[N+](=O)[O-])N1CCCCCCC1. The molecule has 0 aromatic carbocycles. The maximum Gasteiger partial charge on any atom is 0.319 e. The molecular formula is C13H16ClN3O3. The number of hydrogen-bond donors (Lipinski definition) is 0. The van der Waals surface area contributed by atoms with E-state index >= 15 is 0 Å². The van der Waals surface area contributed by atoms with Crippen LogP contribution >= 0.6 is 11.6 Å². The topological polar surface area (TPSA) is 76.3 Å². The third kappa shape index (κ3) is 3.25. The molecule has 0 bridgehead atoms. The van der Waals surface area contributed by atoms with Crippen LogP contribution in [0.4, 0.5) is 5.69 Å². The number of pyridine rings is 1. The van der Waals surface area contributed by atoms with Gasteiger partial charge in [-0.15, -0.1) is 0 Å². The second-order valence-electron chi connectivity index (χ2n) is 4.82. The highest BCUT2D eigenvalue weighted by molar-refractivity contribution is 6.32. The number of carbonyl (C=O) groups is 1. The lowest BCUT2D eigenvalue weighted by Crippen LogP contribution is -2.34. The van der Waals surface area contributed by atoms with E-state index in [1.807, 2.05) is 0 Å². The van der Waals surface area contributed by atoms with Gasteiger partial charge in [-0.1, -0.05) is 30.9 Å². The molecule has 0 atom stereocenters. The number of aromatic nitrogens is 1. The molecule has 1 aromatic heterocycles. The Morgan fingerprint density at radius 2 is 1.85 bits per heavy atom. The lowest BCUT2D eigenvalue weighted by atomic mass is 10.1. The summed E-state index contributed by atoms with van der Waals surface area (Å²) in [5, 5.41) is 10.8. The van der Waals surface area contributed by atoms with Gasteiger partial charge < -0.3 is 4.90 Å². The normalized spacial score (nSPS) is 16.4. The van der Waals surface area contributed by atoms with Crippen molar-refractivity contribution in [1.82, 2.24) is 9.88 Å². The van der Waals surface area contributed by atoms with Gasteiger partial charge in [-0.05, 0) is 18.9 Å². The molecule has 1 fully saturated rings. The molecule has 1 aromatic rings. The van der Waals surface area contributed by atoms with E-state index in [0.717, 1.165) is 25.7 Å². The minimum atomic E-state index is -0.646. The van der Waals surface area contributed by atoms with Crippen molar-refractivity contribution in [2.24, 2.45) is 0 Å². The molecule has 2 rings (SSSR count). The highest BCUT2D eigenvalue weighted by atomic mass is 35.5. The van der Waals surface area contributed by atoms with Gasteiger partial charge in [0.25, 0.3) is 5.91 Å². The maximum absolute atomic E-state index is 12.5. The Labute approximate surface area is 121 Å². The summed E-state index contributed by atoms with van der Waals surface area (Å²) in [6, 6.07) is 1.37. The molecule has 0 saturated carbocycles. The van der Waals surface area contributed by atoms with Gasteiger partial charge >= 0.3 is 5.69 Å². The third-order valence-corrected chi connectivity index (χ3v) is 3.71. The quantitative estimate of drug-likeness (QED) is 0.477. The van der Waals surface area contributed by atoms with Crippen molar-refractivity contribution in [3.63, 3.8) is 0 Å².